The summed E-state index contributed by atoms with van der Waals surface area (Å²) in [6.07, 6.45) is 6.06. The van der Waals surface area contributed by atoms with Gasteiger partial charge in [0.15, 0.2) is 0 Å². The summed E-state index contributed by atoms with van der Waals surface area (Å²) < 4.78 is 218. The Labute approximate surface area is 576 Å². The van der Waals surface area contributed by atoms with Gasteiger partial charge in [-0.15, -0.1) is 30.0 Å². The van der Waals surface area contributed by atoms with E-state index in [2.05, 4.69) is 20.4 Å². The van der Waals surface area contributed by atoms with Gasteiger partial charge in [-0.3, -0.25) is 0 Å². The zero-order valence-electron chi connectivity index (χ0n) is 41.2. The topological polar surface area (TPSA) is 405 Å². The molecule has 2 aromatic heterocycles. The minimum atomic E-state index is -5.32. The third kappa shape index (κ3) is 15.4. The van der Waals surface area contributed by atoms with E-state index in [9.17, 15) is 77.8 Å². The van der Waals surface area contributed by atoms with E-state index >= 15 is 0 Å². The largest absolute Gasteiger partial charge is 1.00 e. The maximum Gasteiger partial charge on any atom is 1.00 e. The Hall–Kier alpha value is -1.20. The Morgan fingerprint density at radius 2 is 0.603 bits per heavy atom. The molecule has 0 saturated carbocycles. The second-order valence-electron chi connectivity index (χ2n) is 15.4. The first-order valence-electron chi connectivity index (χ1n) is 19.6. The van der Waals surface area contributed by atoms with Gasteiger partial charge in [0.2, 0.25) is 0 Å². The summed E-state index contributed by atoms with van der Waals surface area (Å²) in [5.41, 5.74) is 0.218. The zero-order chi connectivity index (χ0) is 52.1. The van der Waals surface area contributed by atoms with Gasteiger partial charge in [0, 0.05) is 21.5 Å². The summed E-state index contributed by atoms with van der Waals surface area (Å²) in [6, 6.07) is 20.9. The van der Waals surface area contributed by atoms with Gasteiger partial charge in [0.05, 0.1) is 29.4 Å². The number of benzene rings is 7. The van der Waals surface area contributed by atoms with Crippen molar-refractivity contribution >= 4 is 129 Å². The maximum absolute atomic E-state index is 12.5. The molecule has 0 bridgehead atoms. The van der Waals surface area contributed by atoms with Gasteiger partial charge < -0.3 is 27.3 Å². The van der Waals surface area contributed by atoms with E-state index < -0.39 is 90.1 Å². The zero-order valence-corrected chi connectivity index (χ0v) is 58.1. The number of fused-ring (bicyclic) bond motifs is 6. The summed E-state index contributed by atoms with van der Waals surface area (Å²) in [5.74, 6) is 0. The van der Waals surface area contributed by atoms with Gasteiger partial charge in [-0.25, -0.2) is 50.5 Å². The predicted molar refractivity (Wildman–Crippen MR) is 245 cm³/mol. The van der Waals surface area contributed by atoms with Crippen LogP contribution in [-0.2, 0) is 60.7 Å². The molecule has 0 aliphatic heterocycles. The number of hydrogen-bond donors (Lipinski definition) is 0. The molecule has 0 aliphatic carbocycles. The van der Waals surface area contributed by atoms with Gasteiger partial charge in [0.1, 0.15) is 94.2 Å². The van der Waals surface area contributed by atoms with Crippen LogP contribution < -0.4 is 177 Å². The summed E-state index contributed by atoms with van der Waals surface area (Å²) in [6.45, 7) is 0. The van der Waals surface area contributed by atoms with Crippen LogP contribution in [0.5, 0.6) is 0 Å². The van der Waals surface area contributed by atoms with E-state index in [0.29, 0.717) is 23.3 Å². The van der Waals surface area contributed by atoms with Crippen LogP contribution in [0.1, 0.15) is 22.3 Å². The minimum absolute atomic E-state index is 0. The van der Waals surface area contributed by atoms with Crippen molar-refractivity contribution in [3.63, 3.8) is 0 Å². The molecule has 0 atom stereocenters. The number of rotatable bonds is 12. The molecule has 0 unspecified atom stereocenters. The summed E-state index contributed by atoms with van der Waals surface area (Å²) in [5, 5.41) is 15.4. The Morgan fingerprint density at radius 1 is 0.308 bits per heavy atom. The van der Waals surface area contributed by atoms with Crippen LogP contribution in [0.25, 0.3) is 79.3 Å². The first kappa shape index (κ1) is 71.1. The van der Waals surface area contributed by atoms with Crippen LogP contribution in [0.15, 0.2) is 139 Å². The van der Waals surface area contributed by atoms with Gasteiger partial charge in [-0.05, 0) is 82.9 Å². The van der Waals surface area contributed by atoms with Crippen molar-refractivity contribution in [2.24, 2.45) is 0 Å². The summed E-state index contributed by atoms with van der Waals surface area (Å²) in [7, 11) is -31.7. The Morgan fingerprint density at radius 3 is 0.897 bits per heavy atom. The van der Waals surface area contributed by atoms with Crippen LogP contribution in [0.2, 0.25) is 0 Å². The molecule has 78 heavy (non-hydrogen) atoms. The summed E-state index contributed by atoms with van der Waals surface area (Å²) in [4.78, 5) is -4.31. The van der Waals surface area contributed by atoms with Gasteiger partial charge in [-0.1, -0.05) is 72.8 Å². The number of nitrogens with zero attached hydrogens (tertiary/aromatic N) is 6. The van der Waals surface area contributed by atoms with Crippen LogP contribution in [-0.4, -0.2) is 108 Å². The second-order valence-corrected chi connectivity index (χ2v) is 23.5. The average Bonchev–Trinajstić information content (AvgIpc) is 3.94. The third-order valence-corrected chi connectivity index (χ3v) is 15.9. The van der Waals surface area contributed by atoms with Gasteiger partial charge in [0.25, 0.3) is 0 Å². The normalized spacial score (nSPS) is 12.4. The van der Waals surface area contributed by atoms with Crippen molar-refractivity contribution in [3.05, 3.63) is 131 Å². The molecule has 0 saturated heterocycles. The molecule has 2 heterocycles. The van der Waals surface area contributed by atoms with Crippen LogP contribution in [0.3, 0.4) is 0 Å². The molecule has 0 spiro atoms. The molecule has 9 rings (SSSR count). The predicted octanol–water partition coefficient (Wildman–Crippen LogP) is -14.7. The van der Waals surface area contributed by atoms with Crippen LogP contribution in [0, 0.1) is 0 Å². The third-order valence-electron chi connectivity index (χ3n) is 10.8. The summed E-state index contributed by atoms with van der Waals surface area (Å²) >= 11 is 0. The Kier molecular flexibility index (Phi) is 24.0. The fourth-order valence-corrected chi connectivity index (χ4v) is 11.5. The van der Waals surface area contributed by atoms with Crippen molar-refractivity contribution in [2.75, 3.05) is 0 Å². The van der Waals surface area contributed by atoms with E-state index in [1.165, 1.54) is 48.6 Å². The molecular weight excluding hydrogens is 1210 g/mol. The molecule has 36 heteroatoms. The number of hydrogen-bond acceptors (Lipinski definition) is 22. The molecule has 24 nitrogen and oxygen atoms in total. The van der Waals surface area contributed by atoms with Crippen molar-refractivity contribution < 1.29 is 255 Å². The quantitative estimate of drug-likeness (QED) is 0.0623. The van der Waals surface area contributed by atoms with Crippen molar-refractivity contribution in [1.29, 1.82) is 0 Å². The molecule has 0 N–H and O–H groups in total. The van der Waals surface area contributed by atoms with Crippen LogP contribution in [0.4, 0.5) is 0 Å². The first-order valence-corrected chi connectivity index (χ1v) is 28.1. The fraction of sp³-hybridized carbons (Fsp3) is 0. The standard InChI is InChI=1S/C42H28N6O18S6.6Na/c49-67(50,51)27-19-31-29(37(21-27)69(55,56)57)11-13-33-41(31)45-47(43-33)35-15-9-25(17-39(35)71(61,62)63)7-5-23-1-2-24(4-3-23)6-8-26-10-16-36(40(18-26)72(64,65)66)48-44-34-14-12-30-32(42(34)46-48)20-28(68(52,53)54)22-38(30)70(58,59)60;;;;;;/h1-22H,(H,49,50,51)(H,52,53,54)(H,55,56,57)(H,58,59,60)(H,61,62,63)(H,64,65,66);;;;;;/q;6*+1/p-6. The maximum atomic E-state index is 12.5. The Balaban J connectivity index is 0.00000267. The monoisotopic (exact) mass is 1230 g/mol. The smallest absolute Gasteiger partial charge is 0.744 e. The minimum Gasteiger partial charge on any atom is -0.744 e. The molecule has 0 fully saturated rings. The van der Waals surface area contributed by atoms with E-state index in [4.69, 9.17) is 0 Å². The molecule has 9 aromatic rings. The molecule has 0 radical (unpaired) electrons. The van der Waals surface area contributed by atoms with E-state index in [1.807, 2.05) is 0 Å². The van der Waals surface area contributed by atoms with Crippen molar-refractivity contribution in [1.82, 2.24) is 30.0 Å². The number of aromatic nitrogens is 6. The van der Waals surface area contributed by atoms with E-state index in [1.54, 1.807) is 36.4 Å². The van der Waals surface area contributed by atoms with Gasteiger partial charge >= 0.3 is 177 Å². The fourth-order valence-electron chi connectivity index (χ4n) is 7.53. The molecule has 370 valence electrons. The van der Waals surface area contributed by atoms with Crippen molar-refractivity contribution in [2.45, 2.75) is 29.4 Å². The first-order chi connectivity index (χ1) is 33.4. The SMILES string of the molecule is O=S(=O)([O-])c1cc(S(=O)(=O)[O-])c2ccc3nn(-c4ccc(C=Cc5ccc(C=Cc6ccc(-n7nc8ccc9c(S(=O)(=O)[O-])cc(S(=O)(=O)[O-])cc9c8n7)c(S(=O)(=O)[O-])c6)cc5)cc4S(=O)(=O)[O-])nc3c2c1.[Na+].[Na+].[Na+].[Na+].[Na+].[Na+]. The van der Waals surface area contributed by atoms with Crippen LogP contribution >= 0.6 is 0 Å². The molecular formula is C42H22N6Na6O18S6. The molecule has 7 aromatic carbocycles. The molecule has 0 amide bonds. The Bertz CT molecular complexity index is 4350. The molecule has 0 aliphatic rings. The van der Waals surface area contributed by atoms with Gasteiger partial charge in [-0.2, -0.15) is 0 Å². The van der Waals surface area contributed by atoms with Crippen molar-refractivity contribution in [3.8, 4) is 11.4 Å². The average molecular weight is 1230 g/mol. The second kappa shape index (κ2) is 26.4. The van der Waals surface area contributed by atoms with E-state index in [-0.39, 0.29) is 243 Å². The van der Waals surface area contributed by atoms with E-state index in [0.717, 1.165) is 46.0 Å².